The lowest BCUT2D eigenvalue weighted by molar-refractivity contribution is -0.135. The number of hydrogen-bond acceptors (Lipinski definition) is 9. The van der Waals surface area contributed by atoms with E-state index in [2.05, 4.69) is 5.32 Å². The van der Waals surface area contributed by atoms with Gasteiger partial charge in [-0.3, -0.25) is 19.2 Å². The zero-order chi connectivity index (χ0) is 37.6. The molecular weight excluding hydrogens is 678 g/mol. The number of phenols is 2. The number of ether oxygens (including phenoxy) is 2. The van der Waals surface area contributed by atoms with Crippen LogP contribution in [-0.2, 0) is 25.7 Å². The normalized spacial score (nSPS) is 21.6. The van der Waals surface area contributed by atoms with E-state index in [1.54, 1.807) is 64.9 Å². The van der Waals surface area contributed by atoms with E-state index in [4.69, 9.17) is 9.47 Å². The molecule has 3 aromatic rings. The van der Waals surface area contributed by atoms with Crippen LogP contribution in [0.3, 0.4) is 0 Å². The molecule has 6 rings (SSSR count). The SMILES string of the molecule is COc1ccc(C(CC(=O)NCC(=O)N2C[C@H]3C[C@@H](C2)c2cccc(=O)n2C3)c2c(O)cc3c(c2O)C(=O)O[C@@H](C)CCCC(=O)CCC/C=C/3)cc1. The number of allylic oxidation sites excluding steroid dienone is 1. The predicted octanol–water partition coefficient (Wildman–Crippen LogP) is 5.03. The minimum absolute atomic E-state index is 0.0297. The van der Waals surface area contributed by atoms with Crippen LogP contribution >= 0.6 is 0 Å². The number of aromatic hydroxyl groups is 2. The van der Waals surface area contributed by atoms with Crippen LogP contribution in [0.4, 0.5) is 0 Å². The fourth-order valence-electron chi connectivity index (χ4n) is 7.89. The Morgan fingerprint density at radius 3 is 2.57 bits per heavy atom. The number of amides is 2. The third-order valence-corrected chi connectivity index (χ3v) is 10.6. The van der Waals surface area contributed by atoms with Crippen molar-refractivity contribution in [2.75, 3.05) is 26.7 Å². The first-order valence-electron chi connectivity index (χ1n) is 18.4. The maximum atomic E-state index is 13.7. The number of methoxy groups -OCH3 is 1. The van der Waals surface area contributed by atoms with Gasteiger partial charge in [0.25, 0.3) is 5.56 Å². The quantitative estimate of drug-likeness (QED) is 0.283. The van der Waals surface area contributed by atoms with Gasteiger partial charge in [0.1, 0.15) is 28.6 Å². The monoisotopic (exact) mass is 725 g/mol. The number of rotatable bonds is 7. The zero-order valence-corrected chi connectivity index (χ0v) is 30.2. The van der Waals surface area contributed by atoms with Gasteiger partial charge in [0, 0.05) is 68.1 Å². The van der Waals surface area contributed by atoms with Crippen molar-refractivity contribution in [1.29, 1.82) is 0 Å². The number of Topliss-reactive ketones (excluding diaryl/α,β-unsaturated/α-hetero) is 1. The molecule has 2 aromatic carbocycles. The highest BCUT2D eigenvalue weighted by atomic mass is 16.5. The second-order valence-electron chi connectivity index (χ2n) is 14.4. The molecule has 12 heteroatoms. The van der Waals surface area contributed by atoms with Gasteiger partial charge in [-0.25, -0.2) is 4.79 Å². The fourth-order valence-corrected chi connectivity index (χ4v) is 7.89. The van der Waals surface area contributed by atoms with Crippen LogP contribution in [0, 0.1) is 5.92 Å². The summed E-state index contributed by atoms with van der Waals surface area (Å²) in [7, 11) is 1.52. The molecule has 0 aliphatic carbocycles. The second kappa shape index (κ2) is 16.5. The van der Waals surface area contributed by atoms with E-state index in [-0.39, 0.29) is 64.5 Å². The molecule has 1 aromatic heterocycles. The summed E-state index contributed by atoms with van der Waals surface area (Å²) in [6, 6.07) is 13.4. The molecule has 12 nitrogen and oxygen atoms in total. The molecule has 3 aliphatic rings. The number of likely N-dealkylation sites (tertiary alicyclic amines) is 1. The molecule has 53 heavy (non-hydrogen) atoms. The number of aromatic nitrogens is 1. The number of fused-ring (bicyclic) bond motifs is 5. The van der Waals surface area contributed by atoms with Gasteiger partial charge >= 0.3 is 5.97 Å². The summed E-state index contributed by atoms with van der Waals surface area (Å²) < 4.78 is 12.8. The third kappa shape index (κ3) is 8.64. The van der Waals surface area contributed by atoms with Crippen molar-refractivity contribution < 1.29 is 38.9 Å². The van der Waals surface area contributed by atoms with Crippen LogP contribution in [0.25, 0.3) is 6.08 Å². The van der Waals surface area contributed by atoms with Crippen molar-refractivity contribution in [3.63, 3.8) is 0 Å². The minimum Gasteiger partial charge on any atom is -0.507 e. The molecular formula is C41H47N3O9. The molecule has 1 saturated heterocycles. The molecule has 3 N–H and O–H groups in total. The van der Waals surface area contributed by atoms with E-state index in [1.165, 1.54) is 13.2 Å². The average Bonchev–Trinajstić information content (AvgIpc) is 3.13. The van der Waals surface area contributed by atoms with E-state index in [0.717, 1.165) is 12.1 Å². The highest BCUT2D eigenvalue weighted by Gasteiger charge is 2.36. The van der Waals surface area contributed by atoms with E-state index >= 15 is 0 Å². The van der Waals surface area contributed by atoms with Crippen LogP contribution in [0.1, 0.15) is 103 Å². The second-order valence-corrected chi connectivity index (χ2v) is 14.4. The molecule has 0 spiro atoms. The molecule has 4 heterocycles. The number of carbonyl (C=O) groups excluding carboxylic acids is 4. The minimum atomic E-state index is -0.932. The Labute approximate surface area is 308 Å². The molecule has 2 bridgehead atoms. The highest BCUT2D eigenvalue weighted by Crippen LogP contribution is 2.44. The number of hydrogen-bond donors (Lipinski definition) is 3. The number of carbonyl (C=O) groups is 4. The molecule has 4 atom stereocenters. The average molecular weight is 726 g/mol. The number of nitrogens with zero attached hydrogens (tertiary/aromatic N) is 2. The Kier molecular flexibility index (Phi) is 11.6. The highest BCUT2D eigenvalue weighted by molar-refractivity contribution is 5.98. The van der Waals surface area contributed by atoms with E-state index in [9.17, 15) is 34.2 Å². The first-order chi connectivity index (χ1) is 25.5. The summed E-state index contributed by atoms with van der Waals surface area (Å²) in [4.78, 5) is 67.1. The molecule has 280 valence electrons. The largest absolute Gasteiger partial charge is 0.507 e. The molecule has 3 aliphatic heterocycles. The van der Waals surface area contributed by atoms with Gasteiger partial charge in [-0.1, -0.05) is 30.4 Å². The summed E-state index contributed by atoms with van der Waals surface area (Å²) in [6.45, 7) is 2.95. The van der Waals surface area contributed by atoms with Crippen molar-refractivity contribution in [2.24, 2.45) is 5.92 Å². The van der Waals surface area contributed by atoms with Crippen LogP contribution in [0.2, 0.25) is 0 Å². The summed E-state index contributed by atoms with van der Waals surface area (Å²) in [6.07, 6.45) is 6.54. The standard InChI is InChI=1S/C41H47N3O9/c1-25-8-6-11-30(45)10-5-3-4-9-28-19-34(46)39(40(50)38(28)41(51)53-25)32(27-14-16-31(52-2)17-15-27)20-35(47)42-21-37(49)43-22-26-18-29(24-43)33-12-7-13-36(48)44(33)23-26/h4,7,9,12-17,19,25-26,29,32,46,50H,3,5-6,8,10-11,18,20-24H2,1-2H3,(H,42,47)/b9-4+/t25-,26+,29-,32?/m0/s1. The summed E-state index contributed by atoms with van der Waals surface area (Å²) in [5, 5.41) is 26.0. The van der Waals surface area contributed by atoms with Gasteiger partial charge in [0.15, 0.2) is 0 Å². The number of phenolic OH excluding ortho intramolecular Hbond substituents is 2. The lowest BCUT2D eigenvalue weighted by atomic mass is 9.83. The summed E-state index contributed by atoms with van der Waals surface area (Å²) >= 11 is 0. The predicted molar refractivity (Wildman–Crippen MR) is 197 cm³/mol. The number of piperidine rings is 1. The number of benzene rings is 2. The van der Waals surface area contributed by atoms with Crippen molar-refractivity contribution in [3.05, 3.63) is 92.9 Å². The maximum absolute atomic E-state index is 13.7. The molecule has 0 saturated carbocycles. The van der Waals surface area contributed by atoms with Crippen molar-refractivity contribution >= 4 is 29.6 Å². The first-order valence-corrected chi connectivity index (χ1v) is 18.4. The van der Waals surface area contributed by atoms with Gasteiger partial charge in [0.05, 0.1) is 19.8 Å². The van der Waals surface area contributed by atoms with E-state index < -0.39 is 29.6 Å². The van der Waals surface area contributed by atoms with Gasteiger partial charge in [-0.15, -0.1) is 0 Å². The Bertz CT molecular complexity index is 1950. The lowest BCUT2D eigenvalue weighted by Crippen LogP contribution is -2.51. The van der Waals surface area contributed by atoms with Gasteiger partial charge in [-0.2, -0.15) is 0 Å². The summed E-state index contributed by atoms with van der Waals surface area (Å²) in [5.74, 6) is -2.42. The van der Waals surface area contributed by atoms with Gasteiger partial charge in [-0.05, 0) is 80.3 Å². The number of ketones is 1. The smallest absolute Gasteiger partial charge is 0.342 e. The van der Waals surface area contributed by atoms with Crippen molar-refractivity contribution in [1.82, 2.24) is 14.8 Å². The van der Waals surface area contributed by atoms with Crippen molar-refractivity contribution in [3.8, 4) is 17.2 Å². The van der Waals surface area contributed by atoms with Crippen molar-refractivity contribution in [2.45, 2.75) is 82.8 Å². The number of pyridine rings is 1. The first kappa shape index (κ1) is 37.4. The van der Waals surface area contributed by atoms with E-state index in [1.807, 2.05) is 6.07 Å². The Hall–Kier alpha value is -5.39. The molecule has 2 amide bonds. The van der Waals surface area contributed by atoms with Crippen LogP contribution in [0.5, 0.6) is 17.2 Å². The molecule has 1 unspecified atom stereocenters. The topological polar surface area (TPSA) is 164 Å². The Morgan fingerprint density at radius 2 is 1.79 bits per heavy atom. The fraction of sp³-hybridized carbons (Fsp3) is 0.439. The Morgan fingerprint density at radius 1 is 1.02 bits per heavy atom. The lowest BCUT2D eigenvalue weighted by Gasteiger charge is -2.42. The maximum Gasteiger partial charge on any atom is 0.342 e. The molecule has 0 radical (unpaired) electrons. The number of esters is 1. The van der Waals surface area contributed by atoms with Crippen LogP contribution < -0.4 is 15.6 Å². The Balaban J connectivity index is 1.25. The van der Waals surface area contributed by atoms with Crippen LogP contribution in [0.15, 0.2) is 59.4 Å². The third-order valence-electron chi connectivity index (χ3n) is 10.6. The summed E-state index contributed by atoms with van der Waals surface area (Å²) in [5.41, 5.74) is 1.51. The number of cyclic esters (lactones) is 1. The van der Waals surface area contributed by atoms with Gasteiger partial charge in [0.2, 0.25) is 11.8 Å². The van der Waals surface area contributed by atoms with Crippen LogP contribution in [-0.4, -0.2) is 76.1 Å². The molecule has 1 fully saturated rings. The van der Waals surface area contributed by atoms with E-state index in [0.29, 0.717) is 69.5 Å². The zero-order valence-electron chi connectivity index (χ0n) is 30.2. The number of nitrogens with one attached hydrogen (secondary N) is 1. The van der Waals surface area contributed by atoms with Gasteiger partial charge < -0.3 is 34.5 Å².